The Labute approximate surface area is 102 Å². The lowest BCUT2D eigenvalue weighted by Crippen LogP contribution is -2.25. The third kappa shape index (κ3) is 1.91. The molecule has 18 heavy (non-hydrogen) atoms. The van der Waals surface area contributed by atoms with Gasteiger partial charge in [0.2, 0.25) is 0 Å². The van der Waals surface area contributed by atoms with Crippen molar-refractivity contribution in [1.82, 2.24) is 10.0 Å². The Morgan fingerprint density at radius 3 is 2.83 bits per heavy atom. The molecule has 2 aromatic rings. The summed E-state index contributed by atoms with van der Waals surface area (Å²) in [5.74, 6) is -0.400. The largest absolute Gasteiger partial charge is 0.345 e. The van der Waals surface area contributed by atoms with E-state index < -0.39 is 10.8 Å². The van der Waals surface area contributed by atoms with Gasteiger partial charge in [0.25, 0.3) is 11.6 Å². The Morgan fingerprint density at radius 2 is 2.22 bits per heavy atom. The molecule has 0 spiro atoms. The van der Waals surface area contributed by atoms with Gasteiger partial charge in [0.05, 0.1) is 12.0 Å². The summed E-state index contributed by atoms with van der Waals surface area (Å²) in [6.07, 6.45) is 0. The molecule has 0 saturated carbocycles. The van der Waals surface area contributed by atoms with Gasteiger partial charge < -0.3 is 4.98 Å². The van der Waals surface area contributed by atoms with Gasteiger partial charge in [-0.25, -0.2) is 5.06 Å². The number of nitrogens with one attached hydrogen (secondary N) is 1. The third-order valence-corrected chi connectivity index (χ3v) is 2.62. The number of aromatic amines is 1. The van der Waals surface area contributed by atoms with E-state index in [1.54, 1.807) is 18.2 Å². The molecular weight excluding hydrogens is 238 g/mol. The quantitative estimate of drug-likeness (QED) is 0.662. The number of hydrogen-bond donors (Lipinski definition) is 1. The van der Waals surface area contributed by atoms with Gasteiger partial charge in [-0.05, 0) is 6.07 Å². The van der Waals surface area contributed by atoms with E-state index in [0.29, 0.717) is 10.9 Å². The van der Waals surface area contributed by atoms with Crippen LogP contribution in [-0.4, -0.2) is 35.0 Å². The molecule has 94 valence electrons. The highest BCUT2D eigenvalue weighted by molar-refractivity contribution is 5.99. The van der Waals surface area contributed by atoms with Crippen LogP contribution in [0.4, 0.5) is 5.69 Å². The number of nitro groups is 1. The summed E-state index contributed by atoms with van der Waals surface area (Å²) < 4.78 is 0. The number of non-ortho nitro benzene ring substituents is 1. The molecular formula is C11H11N3O4. The number of amides is 1. The number of rotatable bonds is 3. The van der Waals surface area contributed by atoms with Crippen LogP contribution >= 0.6 is 0 Å². The van der Waals surface area contributed by atoms with E-state index in [4.69, 9.17) is 4.84 Å². The second-order valence-corrected chi connectivity index (χ2v) is 3.67. The SMILES string of the molecule is CON(C)C(=O)c1cc2cccc([N+](=O)[O-])c2[nH]1. The van der Waals surface area contributed by atoms with Crippen molar-refractivity contribution in [3.8, 4) is 0 Å². The smallest absolute Gasteiger partial charge is 0.293 e. The molecule has 0 unspecified atom stereocenters. The minimum absolute atomic E-state index is 0.0633. The van der Waals surface area contributed by atoms with E-state index in [2.05, 4.69) is 4.98 Å². The molecule has 1 amide bonds. The summed E-state index contributed by atoms with van der Waals surface area (Å²) in [6, 6.07) is 6.21. The summed E-state index contributed by atoms with van der Waals surface area (Å²) in [7, 11) is 2.82. The normalized spacial score (nSPS) is 10.6. The molecule has 0 aliphatic heterocycles. The fourth-order valence-electron chi connectivity index (χ4n) is 1.66. The van der Waals surface area contributed by atoms with Crippen molar-refractivity contribution in [2.75, 3.05) is 14.2 Å². The molecule has 7 nitrogen and oxygen atoms in total. The predicted molar refractivity (Wildman–Crippen MR) is 64.1 cm³/mol. The van der Waals surface area contributed by atoms with Crippen LogP contribution in [0.5, 0.6) is 0 Å². The number of H-pyrrole nitrogens is 1. The van der Waals surface area contributed by atoms with E-state index in [-0.39, 0.29) is 11.4 Å². The van der Waals surface area contributed by atoms with Crippen LogP contribution in [0, 0.1) is 10.1 Å². The summed E-state index contributed by atoms with van der Waals surface area (Å²) in [5.41, 5.74) is 0.505. The van der Waals surface area contributed by atoms with E-state index in [0.717, 1.165) is 5.06 Å². The van der Waals surface area contributed by atoms with Crippen LogP contribution in [-0.2, 0) is 4.84 Å². The maximum Gasteiger partial charge on any atom is 0.293 e. The number of nitro benzene ring substituents is 1. The maximum absolute atomic E-state index is 11.8. The van der Waals surface area contributed by atoms with Gasteiger partial charge in [0, 0.05) is 18.5 Å². The zero-order chi connectivity index (χ0) is 13.3. The van der Waals surface area contributed by atoms with Gasteiger partial charge in [-0.2, -0.15) is 0 Å². The Hall–Kier alpha value is -2.41. The van der Waals surface area contributed by atoms with Crippen LogP contribution in [0.15, 0.2) is 24.3 Å². The van der Waals surface area contributed by atoms with Crippen LogP contribution in [0.3, 0.4) is 0 Å². The Kier molecular flexibility index (Phi) is 2.99. The van der Waals surface area contributed by atoms with E-state index in [1.807, 2.05) is 0 Å². The summed E-state index contributed by atoms with van der Waals surface area (Å²) in [5, 5.41) is 12.5. The second-order valence-electron chi connectivity index (χ2n) is 3.67. The average molecular weight is 249 g/mol. The number of hydrogen-bond acceptors (Lipinski definition) is 4. The van der Waals surface area contributed by atoms with Crippen molar-refractivity contribution in [3.63, 3.8) is 0 Å². The van der Waals surface area contributed by atoms with Crippen LogP contribution in [0.25, 0.3) is 10.9 Å². The van der Waals surface area contributed by atoms with Gasteiger partial charge in [0.1, 0.15) is 11.2 Å². The fourth-order valence-corrected chi connectivity index (χ4v) is 1.66. The van der Waals surface area contributed by atoms with E-state index in [1.165, 1.54) is 20.2 Å². The molecule has 0 saturated heterocycles. The van der Waals surface area contributed by atoms with Crippen molar-refractivity contribution in [3.05, 3.63) is 40.1 Å². The Morgan fingerprint density at radius 1 is 1.50 bits per heavy atom. The molecule has 0 bridgehead atoms. The predicted octanol–water partition coefficient (Wildman–Crippen LogP) is 1.71. The van der Waals surface area contributed by atoms with Gasteiger partial charge in [-0.3, -0.25) is 19.7 Å². The molecule has 2 rings (SSSR count). The van der Waals surface area contributed by atoms with Gasteiger partial charge in [-0.1, -0.05) is 12.1 Å². The lowest BCUT2D eigenvalue weighted by atomic mass is 10.2. The van der Waals surface area contributed by atoms with Gasteiger partial charge in [-0.15, -0.1) is 0 Å². The number of para-hydroxylation sites is 1. The fraction of sp³-hybridized carbons (Fsp3) is 0.182. The van der Waals surface area contributed by atoms with Gasteiger partial charge in [0.15, 0.2) is 0 Å². The number of carbonyl (C=O) groups excluding carboxylic acids is 1. The standard InChI is InChI=1S/C11H11N3O4/c1-13(18-2)11(15)8-6-7-4-3-5-9(14(16)17)10(7)12-8/h3-6,12H,1-2H3. The number of nitrogens with zero attached hydrogens (tertiary/aromatic N) is 2. The van der Waals surface area contributed by atoms with Crippen molar-refractivity contribution in [2.45, 2.75) is 0 Å². The van der Waals surface area contributed by atoms with E-state index >= 15 is 0 Å². The zero-order valence-electron chi connectivity index (χ0n) is 9.84. The molecule has 0 aliphatic rings. The molecule has 7 heteroatoms. The first-order valence-electron chi connectivity index (χ1n) is 5.13. The summed E-state index contributed by atoms with van der Waals surface area (Å²) in [6.45, 7) is 0. The van der Waals surface area contributed by atoms with Gasteiger partial charge >= 0.3 is 0 Å². The second kappa shape index (κ2) is 4.46. The first kappa shape index (κ1) is 12.1. The molecule has 0 radical (unpaired) electrons. The summed E-state index contributed by atoms with van der Waals surface area (Å²) >= 11 is 0. The lowest BCUT2D eigenvalue weighted by molar-refractivity contribution is -0.383. The zero-order valence-corrected chi connectivity index (χ0v) is 9.84. The molecule has 0 aliphatic carbocycles. The Bertz CT molecular complexity index is 620. The number of aromatic nitrogens is 1. The minimum Gasteiger partial charge on any atom is -0.345 e. The molecule has 1 aromatic carbocycles. The van der Waals surface area contributed by atoms with Crippen molar-refractivity contribution in [1.29, 1.82) is 0 Å². The number of carbonyl (C=O) groups is 1. The molecule has 0 fully saturated rings. The first-order valence-corrected chi connectivity index (χ1v) is 5.13. The number of hydroxylamine groups is 2. The molecule has 1 heterocycles. The molecule has 1 N–H and O–H groups in total. The monoisotopic (exact) mass is 249 g/mol. The number of fused-ring (bicyclic) bond motifs is 1. The molecule has 1 aromatic heterocycles. The number of benzene rings is 1. The van der Waals surface area contributed by atoms with Crippen molar-refractivity contribution < 1.29 is 14.6 Å². The lowest BCUT2D eigenvalue weighted by Gasteiger charge is -2.11. The topological polar surface area (TPSA) is 88.5 Å². The van der Waals surface area contributed by atoms with Crippen molar-refractivity contribution >= 4 is 22.5 Å². The minimum atomic E-state index is -0.493. The highest BCUT2D eigenvalue weighted by atomic mass is 16.7. The average Bonchev–Trinajstić information content (AvgIpc) is 2.79. The maximum atomic E-state index is 11.8. The van der Waals surface area contributed by atoms with Crippen LogP contribution in [0.2, 0.25) is 0 Å². The molecule has 0 atom stereocenters. The van der Waals surface area contributed by atoms with E-state index in [9.17, 15) is 14.9 Å². The third-order valence-electron chi connectivity index (χ3n) is 2.62. The van der Waals surface area contributed by atoms with Crippen LogP contribution in [0.1, 0.15) is 10.5 Å². The highest BCUT2D eigenvalue weighted by Crippen LogP contribution is 2.25. The first-order chi connectivity index (χ1) is 8.54. The van der Waals surface area contributed by atoms with Crippen molar-refractivity contribution in [2.24, 2.45) is 0 Å². The Balaban J connectivity index is 2.54. The summed E-state index contributed by atoms with van der Waals surface area (Å²) in [4.78, 5) is 29.7. The highest BCUT2D eigenvalue weighted by Gasteiger charge is 2.18. The van der Waals surface area contributed by atoms with Crippen LogP contribution < -0.4 is 0 Å².